The number of nitrogens with zero attached hydrogens (tertiary/aromatic N) is 1. The molecule has 4 rings (SSSR count). The third-order valence-corrected chi connectivity index (χ3v) is 7.09. The second-order valence-corrected chi connectivity index (χ2v) is 8.56. The summed E-state index contributed by atoms with van der Waals surface area (Å²) in [4.78, 5) is 17.6. The van der Waals surface area contributed by atoms with Crippen LogP contribution in [0.15, 0.2) is 30.4 Å². The lowest BCUT2D eigenvalue weighted by Gasteiger charge is -2.36. The molecule has 2 saturated carbocycles. The molecule has 24 heavy (non-hydrogen) atoms. The highest BCUT2D eigenvalue weighted by molar-refractivity contribution is 7.22. The molecule has 2 aromatic rings. The molecule has 126 valence electrons. The minimum absolute atomic E-state index is 0.0521. The Morgan fingerprint density at radius 3 is 2.92 bits per heavy atom. The van der Waals surface area contributed by atoms with E-state index in [-0.39, 0.29) is 11.3 Å². The Hall–Kier alpha value is -1.88. The predicted octanol–water partition coefficient (Wildman–Crippen LogP) is 4.63. The van der Waals surface area contributed by atoms with Crippen LogP contribution in [0.2, 0.25) is 0 Å². The van der Waals surface area contributed by atoms with Crippen molar-refractivity contribution in [2.24, 2.45) is 16.7 Å². The SMILES string of the molecule is C=C1C2(C(=O)Nc3nc4cc(OC)ccc4s3)CCC(C2)C1(C)C. The van der Waals surface area contributed by atoms with Crippen molar-refractivity contribution in [3.8, 4) is 5.75 Å². The highest BCUT2D eigenvalue weighted by Gasteiger charge is 2.60. The Bertz CT molecular complexity index is 854. The van der Waals surface area contributed by atoms with Gasteiger partial charge in [-0.1, -0.05) is 37.3 Å². The van der Waals surface area contributed by atoms with Gasteiger partial charge in [0.2, 0.25) is 5.91 Å². The summed E-state index contributed by atoms with van der Waals surface area (Å²) < 4.78 is 6.28. The van der Waals surface area contributed by atoms with Gasteiger partial charge in [-0.25, -0.2) is 4.98 Å². The van der Waals surface area contributed by atoms with E-state index in [0.717, 1.165) is 40.8 Å². The number of benzene rings is 1. The monoisotopic (exact) mass is 342 g/mol. The molecule has 1 aromatic carbocycles. The zero-order chi connectivity index (χ0) is 17.1. The molecule has 0 saturated heterocycles. The summed E-state index contributed by atoms with van der Waals surface area (Å²) in [5.41, 5.74) is 1.58. The second-order valence-electron chi connectivity index (χ2n) is 7.53. The van der Waals surface area contributed by atoms with Gasteiger partial charge in [0.25, 0.3) is 0 Å². The molecule has 2 fully saturated rings. The Labute approximate surface area is 145 Å². The average molecular weight is 342 g/mol. The Morgan fingerprint density at radius 2 is 2.25 bits per heavy atom. The molecule has 2 unspecified atom stereocenters. The summed E-state index contributed by atoms with van der Waals surface area (Å²) in [6.45, 7) is 8.74. The van der Waals surface area contributed by atoms with Crippen LogP contribution in [0.4, 0.5) is 5.13 Å². The van der Waals surface area contributed by atoms with E-state index in [9.17, 15) is 4.79 Å². The van der Waals surface area contributed by atoms with Crippen LogP contribution in [-0.2, 0) is 4.79 Å². The number of carbonyl (C=O) groups excluding carboxylic acids is 1. The Balaban J connectivity index is 1.62. The first-order chi connectivity index (χ1) is 11.4. The van der Waals surface area contributed by atoms with Gasteiger partial charge < -0.3 is 10.1 Å². The number of anilines is 1. The van der Waals surface area contributed by atoms with E-state index in [2.05, 4.69) is 30.7 Å². The molecule has 0 spiro atoms. The van der Waals surface area contributed by atoms with Crippen molar-refractivity contribution in [1.29, 1.82) is 0 Å². The Morgan fingerprint density at radius 1 is 1.46 bits per heavy atom. The number of aromatic nitrogens is 1. The summed E-state index contributed by atoms with van der Waals surface area (Å²) in [6, 6.07) is 5.78. The first-order valence-electron chi connectivity index (χ1n) is 8.33. The number of rotatable bonds is 3. The predicted molar refractivity (Wildman–Crippen MR) is 97.5 cm³/mol. The molecular weight excluding hydrogens is 320 g/mol. The quantitative estimate of drug-likeness (QED) is 0.828. The van der Waals surface area contributed by atoms with Crippen molar-refractivity contribution < 1.29 is 9.53 Å². The molecule has 2 aliphatic rings. The van der Waals surface area contributed by atoms with Crippen LogP contribution in [0.5, 0.6) is 5.75 Å². The van der Waals surface area contributed by atoms with Crippen LogP contribution < -0.4 is 10.1 Å². The van der Waals surface area contributed by atoms with Gasteiger partial charge >= 0.3 is 0 Å². The van der Waals surface area contributed by atoms with E-state index in [1.165, 1.54) is 11.3 Å². The largest absolute Gasteiger partial charge is 0.497 e. The number of hydrogen-bond donors (Lipinski definition) is 1. The van der Waals surface area contributed by atoms with Crippen molar-refractivity contribution in [1.82, 2.24) is 4.98 Å². The van der Waals surface area contributed by atoms with Crippen LogP contribution in [0.1, 0.15) is 33.1 Å². The zero-order valence-corrected chi connectivity index (χ0v) is 15.1. The van der Waals surface area contributed by atoms with Gasteiger partial charge in [0, 0.05) is 6.07 Å². The molecule has 2 aliphatic carbocycles. The fourth-order valence-electron chi connectivity index (χ4n) is 4.45. The minimum Gasteiger partial charge on any atom is -0.497 e. The molecular formula is C19H22N2O2S. The smallest absolute Gasteiger partial charge is 0.236 e. The molecule has 5 heteroatoms. The third-order valence-electron chi connectivity index (χ3n) is 6.14. The third kappa shape index (κ3) is 2.04. The van der Waals surface area contributed by atoms with Gasteiger partial charge in [0.1, 0.15) is 5.75 Å². The van der Waals surface area contributed by atoms with Crippen molar-refractivity contribution >= 4 is 32.6 Å². The van der Waals surface area contributed by atoms with E-state index in [4.69, 9.17) is 4.74 Å². The van der Waals surface area contributed by atoms with Crippen molar-refractivity contribution in [3.63, 3.8) is 0 Å². The zero-order valence-electron chi connectivity index (χ0n) is 14.3. The maximum absolute atomic E-state index is 13.1. The van der Waals surface area contributed by atoms with E-state index in [0.29, 0.717) is 11.0 Å². The number of thiazole rings is 1. The van der Waals surface area contributed by atoms with Crippen molar-refractivity contribution in [3.05, 3.63) is 30.4 Å². The fraction of sp³-hybridized carbons (Fsp3) is 0.474. The lowest BCUT2D eigenvalue weighted by atomic mass is 9.68. The lowest BCUT2D eigenvalue weighted by Crippen LogP contribution is -2.37. The van der Waals surface area contributed by atoms with E-state index < -0.39 is 5.41 Å². The van der Waals surface area contributed by atoms with Gasteiger partial charge in [-0.05, 0) is 42.7 Å². The standard InChI is InChI=1S/C19H22N2O2S/c1-11-18(2,3)12-7-8-19(11,10-12)16(22)21-17-20-14-9-13(23-4)5-6-15(14)24-17/h5-6,9,12H,1,7-8,10H2,2-4H3,(H,20,21,22). The number of methoxy groups -OCH3 is 1. The van der Waals surface area contributed by atoms with E-state index >= 15 is 0 Å². The highest BCUT2D eigenvalue weighted by atomic mass is 32.1. The maximum Gasteiger partial charge on any atom is 0.236 e. The first kappa shape index (κ1) is 15.6. The minimum atomic E-state index is -0.413. The topological polar surface area (TPSA) is 51.2 Å². The molecule has 1 N–H and O–H groups in total. The van der Waals surface area contributed by atoms with Crippen molar-refractivity contribution in [2.75, 3.05) is 12.4 Å². The van der Waals surface area contributed by atoms with E-state index in [1.807, 2.05) is 18.2 Å². The summed E-state index contributed by atoms with van der Waals surface area (Å²) in [5.74, 6) is 1.40. The molecule has 1 amide bonds. The average Bonchev–Trinajstić information content (AvgIpc) is 3.21. The highest BCUT2D eigenvalue weighted by Crippen LogP contribution is 2.65. The van der Waals surface area contributed by atoms with Gasteiger partial charge in [-0.2, -0.15) is 0 Å². The summed E-state index contributed by atoms with van der Waals surface area (Å²) >= 11 is 1.50. The van der Waals surface area contributed by atoms with Crippen LogP contribution in [0.3, 0.4) is 0 Å². The molecule has 2 bridgehead atoms. The first-order valence-corrected chi connectivity index (χ1v) is 9.14. The molecule has 2 atom stereocenters. The van der Waals surface area contributed by atoms with E-state index in [1.54, 1.807) is 7.11 Å². The molecule has 1 aromatic heterocycles. The lowest BCUT2D eigenvalue weighted by molar-refractivity contribution is -0.123. The molecule has 0 radical (unpaired) electrons. The number of fused-ring (bicyclic) bond motifs is 3. The van der Waals surface area contributed by atoms with Crippen molar-refractivity contribution in [2.45, 2.75) is 33.1 Å². The van der Waals surface area contributed by atoms with Gasteiger partial charge in [-0.15, -0.1) is 0 Å². The molecule has 0 aliphatic heterocycles. The number of hydrogen-bond acceptors (Lipinski definition) is 4. The molecule has 1 heterocycles. The normalized spacial score (nSPS) is 27.6. The number of carbonyl (C=O) groups is 1. The number of ether oxygens (including phenoxy) is 1. The summed E-state index contributed by atoms with van der Waals surface area (Å²) in [6.07, 6.45) is 2.93. The number of amides is 1. The van der Waals surface area contributed by atoms with Crippen LogP contribution in [-0.4, -0.2) is 18.0 Å². The van der Waals surface area contributed by atoms with Gasteiger partial charge in [0.05, 0.1) is 22.7 Å². The van der Waals surface area contributed by atoms with Crippen LogP contribution >= 0.6 is 11.3 Å². The second kappa shape index (κ2) is 5.06. The van der Waals surface area contributed by atoms with Gasteiger partial charge in [-0.3, -0.25) is 4.79 Å². The molecule has 4 nitrogen and oxygen atoms in total. The summed E-state index contributed by atoms with van der Waals surface area (Å²) in [5, 5.41) is 3.72. The van der Waals surface area contributed by atoms with Crippen LogP contribution in [0.25, 0.3) is 10.2 Å². The Kier molecular flexibility index (Phi) is 3.29. The fourth-order valence-corrected chi connectivity index (χ4v) is 5.29. The maximum atomic E-state index is 13.1. The summed E-state index contributed by atoms with van der Waals surface area (Å²) in [7, 11) is 1.64. The number of nitrogens with one attached hydrogen (secondary N) is 1. The van der Waals surface area contributed by atoms with Gasteiger partial charge in [0.15, 0.2) is 5.13 Å². The van der Waals surface area contributed by atoms with Crippen LogP contribution in [0, 0.1) is 16.7 Å².